The minimum absolute atomic E-state index is 0.793. The molecule has 0 amide bonds. The van der Waals surface area contributed by atoms with Crippen LogP contribution in [0, 0.1) is 0 Å². The van der Waals surface area contributed by atoms with Crippen molar-refractivity contribution in [3.63, 3.8) is 0 Å². The van der Waals surface area contributed by atoms with Gasteiger partial charge in [0.2, 0.25) is 0 Å². The van der Waals surface area contributed by atoms with Gasteiger partial charge in [-0.2, -0.15) is 0 Å². The zero-order valence-electron chi connectivity index (χ0n) is 7.29. The maximum absolute atomic E-state index is 10.8. The van der Waals surface area contributed by atoms with Crippen molar-refractivity contribution in [1.29, 1.82) is 0 Å². The summed E-state index contributed by atoms with van der Waals surface area (Å²) < 4.78 is 6.72. The Morgan fingerprint density at radius 1 is 1.50 bits per heavy atom. The molecule has 0 aliphatic rings. The van der Waals surface area contributed by atoms with E-state index in [-0.39, 0.29) is 0 Å². The van der Waals surface area contributed by atoms with Crippen molar-refractivity contribution in [1.82, 2.24) is 0 Å². The third-order valence-electron chi connectivity index (χ3n) is 1.36. The summed E-state index contributed by atoms with van der Waals surface area (Å²) in [5.74, 6) is -1.11. The number of nitrogens with two attached hydrogens (primary N) is 1. The fourth-order valence-corrected chi connectivity index (χ4v) is 0.585. The van der Waals surface area contributed by atoms with Crippen LogP contribution in [-0.2, 0) is 4.79 Å². The first-order chi connectivity index (χ1) is 5.91. The van der Waals surface area contributed by atoms with Gasteiger partial charge in [0.15, 0.2) is 5.78 Å². The van der Waals surface area contributed by atoms with Gasteiger partial charge in [0.1, 0.15) is 18.3 Å². The number of Topliss-reactive ketones (excluding diaryl/α,β-unsaturated/α-hetero) is 1. The highest BCUT2D eigenvalue weighted by Crippen LogP contribution is 2.00. The molecule has 0 radical (unpaired) electrons. The molecule has 0 aromatic heterocycles. The van der Waals surface area contributed by atoms with E-state index in [1.165, 1.54) is 0 Å². The van der Waals surface area contributed by atoms with Crippen LogP contribution in [0.4, 0.5) is 0 Å². The van der Waals surface area contributed by atoms with Crippen LogP contribution in [0.2, 0.25) is 0 Å². The van der Waals surface area contributed by atoms with E-state index in [9.17, 15) is 4.79 Å². The van der Waals surface area contributed by atoms with E-state index in [1.54, 1.807) is 0 Å². The Bertz CT molecular complexity index is 176. The zero-order chi connectivity index (χ0) is 10.6. The van der Waals surface area contributed by atoms with Crippen molar-refractivity contribution in [3.05, 3.63) is 0 Å². The van der Waals surface area contributed by atoms with Crippen molar-refractivity contribution < 1.29 is 26.6 Å². The summed E-state index contributed by atoms with van der Waals surface area (Å²) in [4.78, 5) is 10.8. The number of hydrogen-bond donors (Lipinski definition) is 5. The molecule has 0 aromatic rings. The van der Waals surface area contributed by atoms with E-state index in [0.29, 0.717) is 0 Å². The molecule has 0 aromatic carbocycles. The van der Waals surface area contributed by atoms with Gasteiger partial charge >= 0.3 is 0 Å². The maximum atomic E-state index is 10.8. The highest BCUT2D eigenvalue weighted by atomic mass is 16.4. The molecule has 0 spiro atoms. The van der Waals surface area contributed by atoms with Crippen LogP contribution in [0.25, 0.3) is 0 Å². The standard InChI is InChI=1S/C6H13NO5/c7-1-3(9)5(11)6(12)4(10)2-8/h4-6,8,10-12H,1-2,7H2/t4-,5-,6-/m1/s1/i1D/t1?,4-,5-,6-. The molecule has 0 saturated heterocycles. The molecule has 0 rings (SSSR count). The Hall–Kier alpha value is -0.530. The molecule has 0 heterocycles. The molecule has 6 heteroatoms. The van der Waals surface area contributed by atoms with Crippen LogP contribution in [0.1, 0.15) is 1.37 Å². The molecule has 0 aliphatic carbocycles. The highest BCUT2D eigenvalue weighted by molar-refractivity contribution is 5.85. The largest absolute Gasteiger partial charge is 0.394 e. The summed E-state index contributed by atoms with van der Waals surface area (Å²) in [6.45, 7) is -2.46. The van der Waals surface area contributed by atoms with Crippen molar-refractivity contribution in [2.24, 2.45) is 5.73 Å². The van der Waals surface area contributed by atoms with Crippen LogP contribution >= 0.6 is 0 Å². The predicted molar refractivity (Wildman–Crippen MR) is 39.2 cm³/mol. The van der Waals surface area contributed by atoms with Crippen LogP contribution in [0.5, 0.6) is 0 Å². The van der Waals surface area contributed by atoms with E-state index in [1.807, 2.05) is 0 Å². The number of rotatable bonds is 5. The van der Waals surface area contributed by atoms with Gasteiger partial charge in [0, 0.05) is 0 Å². The molecule has 0 saturated carbocycles. The summed E-state index contributed by atoms with van der Waals surface area (Å²) >= 11 is 0. The molecule has 1 unspecified atom stereocenters. The van der Waals surface area contributed by atoms with E-state index < -0.39 is 37.2 Å². The topological polar surface area (TPSA) is 124 Å². The van der Waals surface area contributed by atoms with E-state index in [0.717, 1.165) is 0 Å². The fourth-order valence-electron chi connectivity index (χ4n) is 0.585. The Morgan fingerprint density at radius 3 is 2.33 bits per heavy atom. The number of carbonyl (C=O) groups is 1. The van der Waals surface area contributed by atoms with Crippen LogP contribution in [0.15, 0.2) is 0 Å². The number of aliphatic hydroxyl groups is 4. The third kappa shape index (κ3) is 2.84. The normalized spacial score (nSPS) is 22.2. The minimum Gasteiger partial charge on any atom is -0.394 e. The maximum Gasteiger partial charge on any atom is 0.177 e. The van der Waals surface area contributed by atoms with Crippen LogP contribution in [-0.4, -0.2) is 57.6 Å². The second-order valence-electron chi connectivity index (χ2n) is 2.25. The van der Waals surface area contributed by atoms with Crippen molar-refractivity contribution in [3.8, 4) is 0 Å². The van der Waals surface area contributed by atoms with Gasteiger partial charge in [0.25, 0.3) is 0 Å². The Kier molecular flexibility index (Phi) is 4.12. The van der Waals surface area contributed by atoms with Crippen LogP contribution < -0.4 is 5.73 Å². The van der Waals surface area contributed by atoms with Gasteiger partial charge in [-0.1, -0.05) is 0 Å². The first-order valence-electron chi connectivity index (χ1n) is 3.86. The van der Waals surface area contributed by atoms with Gasteiger partial charge in [-0.25, -0.2) is 0 Å². The molecular formula is C6H13NO5. The van der Waals surface area contributed by atoms with Crippen LogP contribution in [0.3, 0.4) is 0 Å². The monoisotopic (exact) mass is 180 g/mol. The molecule has 0 aliphatic heterocycles. The van der Waals surface area contributed by atoms with Gasteiger partial charge in [0.05, 0.1) is 14.5 Å². The summed E-state index contributed by atoms with van der Waals surface area (Å²) in [5.41, 5.74) is 4.82. The zero-order valence-corrected chi connectivity index (χ0v) is 6.29. The average molecular weight is 180 g/mol. The van der Waals surface area contributed by atoms with Gasteiger partial charge in [-0.3, -0.25) is 4.79 Å². The lowest BCUT2D eigenvalue weighted by Crippen LogP contribution is -2.45. The van der Waals surface area contributed by atoms with Crippen molar-refractivity contribution in [2.75, 3.05) is 13.1 Å². The number of carbonyl (C=O) groups excluding carboxylic acids is 1. The average Bonchev–Trinajstić information content (AvgIpc) is 2.12. The summed E-state index contributed by atoms with van der Waals surface area (Å²) in [5, 5.41) is 35.2. The van der Waals surface area contributed by atoms with Gasteiger partial charge < -0.3 is 26.2 Å². The Labute approximate surface area is 70.6 Å². The Balaban J connectivity index is 4.24. The number of aliphatic hydroxyl groups excluding tert-OH is 4. The minimum atomic E-state index is -1.95. The molecule has 72 valence electrons. The van der Waals surface area contributed by atoms with Crippen molar-refractivity contribution >= 4 is 5.78 Å². The molecule has 6 nitrogen and oxygen atoms in total. The number of hydrogen-bond acceptors (Lipinski definition) is 6. The quantitative estimate of drug-likeness (QED) is 0.300. The second kappa shape index (κ2) is 5.18. The molecular weight excluding hydrogens is 166 g/mol. The lowest BCUT2D eigenvalue weighted by molar-refractivity contribution is -0.138. The van der Waals surface area contributed by atoms with Gasteiger partial charge in [-0.15, -0.1) is 0 Å². The summed E-state index contributed by atoms with van der Waals surface area (Å²) in [7, 11) is 0. The first-order valence-corrected chi connectivity index (χ1v) is 3.28. The SMILES string of the molecule is [2H]C(N)C(=O)[C@@H](O)[C@H](O)[C@H](O)CO. The van der Waals surface area contributed by atoms with E-state index >= 15 is 0 Å². The molecule has 0 fully saturated rings. The molecule has 12 heavy (non-hydrogen) atoms. The lowest BCUT2D eigenvalue weighted by atomic mass is 10.1. The second-order valence-corrected chi connectivity index (χ2v) is 2.25. The summed E-state index contributed by atoms with van der Waals surface area (Å²) in [6, 6.07) is 0. The fraction of sp³-hybridized carbons (Fsp3) is 0.833. The van der Waals surface area contributed by atoms with Gasteiger partial charge in [-0.05, 0) is 0 Å². The lowest BCUT2D eigenvalue weighted by Gasteiger charge is -2.19. The van der Waals surface area contributed by atoms with E-state index in [2.05, 4.69) is 0 Å². The van der Waals surface area contributed by atoms with Crippen molar-refractivity contribution in [2.45, 2.75) is 18.3 Å². The molecule has 0 bridgehead atoms. The highest BCUT2D eigenvalue weighted by Gasteiger charge is 2.28. The molecule has 4 atom stereocenters. The van der Waals surface area contributed by atoms with E-state index in [4.69, 9.17) is 27.5 Å². The molecule has 6 N–H and O–H groups in total. The predicted octanol–water partition coefficient (Wildman–Crippen LogP) is -3.41. The smallest absolute Gasteiger partial charge is 0.177 e. The Morgan fingerprint density at radius 2 is 2.00 bits per heavy atom. The summed E-state index contributed by atoms with van der Waals surface area (Å²) in [6.07, 6.45) is -5.40. The first kappa shape index (κ1) is 9.56. The third-order valence-corrected chi connectivity index (χ3v) is 1.36. The number of ketones is 1.